The van der Waals surface area contributed by atoms with Gasteiger partial charge in [0.25, 0.3) is 0 Å². The van der Waals surface area contributed by atoms with E-state index in [2.05, 4.69) is 12.1 Å². The molecule has 2 saturated carbocycles. The first-order chi connectivity index (χ1) is 28.7. The Kier molecular flexibility index (Phi) is 7.63. The molecule has 2 fully saturated rings. The molecule has 5 aromatic rings. The van der Waals surface area contributed by atoms with Gasteiger partial charge in [0.15, 0.2) is 23.1 Å². The monoisotopic (exact) mass is 820 g/mol. The van der Waals surface area contributed by atoms with Gasteiger partial charge < -0.3 is 0 Å². The number of allylic oxidation sites excluding steroid dienone is 4. The third-order valence-corrected chi connectivity index (χ3v) is 17.0. The van der Waals surface area contributed by atoms with Gasteiger partial charge in [0, 0.05) is 57.3 Å². The molecule has 2 aromatic carbocycles. The summed E-state index contributed by atoms with van der Waals surface area (Å²) in [5.41, 5.74) is 6.23. The molecule has 11 rings (SSSR count). The Morgan fingerprint density at radius 2 is 0.915 bits per heavy atom. The third-order valence-electron chi connectivity index (χ3n) is 13.5. The second-order valence-corrected chi connectivity index (χ2v) is 19.6. The number of fused-ring (bicyclic) bond motifs is 12. The second kappa shape index (κ2) is 12.6. The molecule has 0 aliphatic heterocycles. The van der Waals surface area contributed by atoms with Crippen LogP contribution in [-0.4, -0.2) is 23.1 Å². The van der Waals surface area contributed by atoms with Gasteiger partial charge in [0.05, 0.1) is 38.1 Å². The predicted octanol–water partition coefficient (Wildman–Crippen LogP) is 10.8. The highest BCUT2D eigenvalue weighted by molar-refractivity contribution is 7.29. The molecule has 0 saturated heterocycles. The molecule has 2 spiro atoms. The van der Waals surface area contributed by atoms with Crippen LogP contribution < -0.4 is 0 Å². The lowest BCUT2D eigenvalue weighted by Crippen LogP contribution is -2.28. The number of rotatable bonds is 2. The molecule has 6 aliphatic carbocycles. The van der Waals surface area contributed by atoms with Crippen molar-refractivity contribution in [1.82, 2.24) is 0 Å². The van der Waals surface area contributed by atoms with Crippen LogP contribution in [0.3, 0.4) is 0 Å². The molecule has 0 N–H and O–H groups in total. The normalized spacial score (nSPS) is 19.1. The Hall–Kier alpha value is -6.34. The first kappa shape index (κ1) is 35.8. The van der Waals surface area contributed by atoms with Crippen molar-refractivity contribution < 1.29 is 19.2 Å². The van der Waals surface area contributed by atoms with Crippen molar-refractivity contribution in [2.24, 2.45) is 0 Å². The van der Waals surface area contributed by atoms with Gasteiger partial charge in [-0.25, -0.2) is 0 Å². The van der Waals surface area contributed by atoms with Crippen LogP contribution in [0.1, 0.15) is 159 Å². The summed E-state index contributed by atoms with van der Waals surface area (Å²) in [5, 5.41) is 38.3. The molecule has 3 heterocycles. The molecule has 0 bridgehead atoms. The van der Waals surface area contributed by atoms with E-state index in [-0.39, 0.29) is 66.5 Å². The summed E-state index contributed by atoms with van der Waals surface area (Å²) < 4.78 is 2.34. The number of thiophene rings is 3. The molecule has 59 heavy (non-hydrogen) atoms. The van der Waals surface area contributed by atoms with Crippen molar-refractivity contribution in [3.8, 4) is 24.3 Å². The number of nitriles is 4. The summed E-state index contributed by atoms with van der Waals surface area (Å²) in [7, 11) is 0. The molecular weight excluding hydrogens is 793 g/mol. The number of Topliss-reactive ketones (excluding diaryl/α,β-unsaturated/α-hetero) is 4. The van der Waals surface area contributed by atoms with E-state index in [1.807, 2.05) is 35.6 Å². The van der Waals surface area contributed by atoms with Crippen LogP contribution in [0, 0.1) is 45.3 Å². The van der Waals surface area contributed by atoms with Crippen molar-refractivity contribution in [3.05, 3.63) is 123 Å². The van der Waals surface area contributed by atoms with Gasteiger partial charge in [-0.2, -0.15) is 21.0 Å². The molecule has 6 aliphatic rings. The quantitative estimate of drug-likeness (QED) is 0.125. The maximum Gasteiger partial charge on any atom is 0.197 e. The second-order valence-electron chi connectivity index (χ2n) is 16.3. The van der Waals surface area contributed by atoms with Gasteiger partial charge in [-0.3, -0.25) is 19.2 Å². The summed E-state index contributed by atoms with van der Waals surface area (Å²) in [4.78, 5) is 58.9. The number of ketones is 4. The maximum atomic E-state index is 13.7. The predicted molar refractivity (Wildman–Crippen MR) is 225 cm³/mol. The largest absolute Gasteiger partial charge is 0.288 e. The van der Waals surface area contributed by atoms with Crippen LogP contribution in [0.2, 0.25) is 0 Å². The summed E-state index contributed by atoms with van der Waals surface area (Å²) in [5.74, 6) is -1.71. The van der Waals surface area contributed by atoms with Crippen LogP contribution in [0.15, 0.2) is 47.5 Å². The lowest BCUT2D eigenvalue weighted by Gasteiger charge is -2.37. The molecule has 0 radical (unpaired) electrons. The Morgan fingerprint density at radius 1 is 0.492 bits per heavy atom. The van der Waals surface area contributed by atoms with E-state index in [1.54, 1.807) is 34.8 Å². The van der Waals surface area contributed by atoms with E-state index < -0.39 is 23.1 Å². The summed E-state index contributed by atoms with van der Waals surface area (Å²) in [6.07, 6.45) is 14.2. The summed E-state index contributed by atoms with van der Waals surface area (Å²) >= 11 is 5.10. The standard InChI is InChI=1S/C48H28N4O4S3/c49-19-23-11-29-30(12-24(23)20-50)41(54)33(40(29)53)15-27-17-35-44(57-27)37-38(47(35)7-3-1-4-8-47)46-39(48(37)9-5-2-6-10-48)45-36(59-46)18-28(58-45)16-34-42(55)31-13-25(21-51)26(22-52)14-32(31)43(34)56/h11-18H,1-10H2. The van der Waals surface area contributed by atoms with Crippen molar-refractivity contribution in [1.29, 1.82) is 21.0 Å². The van der Waals surface area contributed by atoms with Crippen molar-refractivity contribution in [3.63, 3.8) is 0 Å². The van der Waals surface area contributed by atoms with Gasteiger partial charge in [-0.15, -0.1) is 34.0 Å². The molecule has 3 aromatic heterocycles. The maximum absolute atomic E-state index is 13.7. The molecule has 11 heteroatoms. The highest BCUT2D eigenvalue weighted by Crippen LogP contribution is 2.72. The smallest absolute Gasteiger partial charge is 0.197 e. The fraction of sp³-hybridized carbons (Fsp3) is 0.250. The average molecular weight is 821 g/mol. The van der Waals surface area contributed by atoms with E-state index in [0.29, 0.717) is 0 Å². The van der Waals surface area contributed by atoms with Gasteiger partial charge >= 0.3 is 0 Å². The fourth-order valence-corrected chi connectivity index (χ4v) is 15.3. The van der Waals surface area contributed by atoms with Crippen LogP contribution in [-0.2, 0) is 10.8 Å². The highest BCUT2D eigenvalue weighted by atomic mass is 32.1. The van der Waals surface area contributed by atoms with E-state index in [9.17, 15) is 40.2 Å². The zero-order chi connectivity index (χ0) is 40.5. The van der Waals surface area contributed by atoms with Gasteiger partial charge in [-0.05, 0) is 96.5 Å². The number of nitrogens with zero attached hydrogens (tertiary/aromatic N) is 4. The minimum absolute atomic E-state index is 0.0434. The number of benzene rings is 2. The van der Waals surface area contributed by atoms with Gasteiger partial charge in [0.2, 0.25) is 0 Å². The molecule has 0 atom stereocenters. The minimum atomic E-state index is -0.434. The van der Waals surface area contributed by atoms with E-state index in [1.165, 1.54) is 67.4 Å². The zero-order valence-corrected chi connectivity index (χ0v) is 33.8. The van der Waals surface area contributed by atoms with Crippen molar-refractivity contribution in [2.45, 2.75) is 75.0 Å². The Balaban J connectivity index is 1.03. The Bertz CT molecular complexity index is 3080. The highest BCUT2D eigenvalue weighted by Gasteiger charge is 2.59. The molecule has 282 valence electrons. The van der Waals surface area contributed by atoms with Gasteiger partial charge in [0.1, 0.15) is 24.3 Å². The Morgan fingerprint density at radius 3 is 1.37 bits per heavy atom. The van der Waals surface area contributed by atoms with Crippen molar-refractivity contribution >= 4 is 89.8 Å². The van der Waals surface area contributed by atoms with Crippen LogP contribution >= 0.6 is 34.0 Å². The first-order valence-electron chi connectivity index (χ1n) is 19.7. The minimum Gasteiger partial charge on any atom is -0.288 e. The number of hydrogen-bond donors (Lipinski definition) is 0. The molecule has 8 nitrogen and oxygen atoms in total. The topological polar surface area (TPSA) is 163 Å². The fourth-order valence-electron chi connectivity index (χ4n) is 11.0. The van der Waals surface area contributed by atoms with E-state index in [0.717, 1.165) is 72.2 Å². The summed E-state index contributed by atoms with van der Waals surface area (Å²) in [6, 6.07) is 17.7. The van der Waals surface area contributed by atoms with Gasteiger partial charge in [-0.1, -0.05) is 38.5 Å². The molecule has 0 amide bonds. The molecular formula is C48H28N4O4S3. The van der Waals surface area contributed by atoms with Crippen molar-refractivity contribution in [2.75, 3.05) is 0 Å². The lowest BCUT2D eigenvalue weighted by atomic mass is 9.67. The number of carbonyl (C=O) groups excluding carboxylic acids is 4. The Labute approximate surface area is 350 Å². The van der Waals surface area contributed by atoms with Crippen LogP contribution in [0.5, 0.6) is 0 Å². The van der Waals surface area contributed by atoms with Crippen LogP contribution in [0.25, 0.3) is 32.7 Å². The first-order valence-corrected chi connectivity index (χ1v) is 22.2. The van der Waals surface area contributed by atoms with Crippen LogP contribution in [0.4, 0.5) is 0 Å². The third kappa shape index (κ3) is 4.64. The number of carbonyl (C=O) groups is 4. The van der Waals surface area contributed by atoms with E-state index in [4.69, 9.17) is 0 Å². The number of hydrogen-bond acceptors (Lipinski definition) is 11. The lowest BCUT2D eigenvalue weighted by molar-refractivity contribution is 0.0975. The zero-order valence-electron chi connectivity index (χ0n) is 31.3. The molecule has 0 unspecified atom stereocenters. The average Bonchev–Trinajstić information content (AvgIpc) is 4.11. The SMILES string of the molecule is N#Cc1cc2c(cc1C#N)C(=O)C(=Cc1cc3c(s1)C1=C(c4sc5cc(C=C6C(=O)c7cc(C#N)c(C#N)cc7C6=O)sc5c4C14CCCCC4)C31CCCCC1)C2=O. The summed E-state index contributed by atoms with van der Waals surface area (Å²) in [6.45, 7) is 0. The van der Waals surface area contributed by atoms with E-state index >= 15 is 0 Å².